The van der Waals surface area contributed by atoms with Crippen LogP contribution < -0.4 is 0 Å². The molecule has 146 valence electrons. The number of hydrogen-bond acceptors (Lipinski definition) is 2. The van der Waals surface area contributed by atoms with Crippen molar-refractivity contribution in [3.8, 4) is 0 Å². The minimum absolute atomic E-state index is 0.281. The minimum atomic E-state index is -0.281. The highest BCUT2D eigenvalue weighted by atomic mass is 16.5. The zero-order valence-corrected chi connectivity index (χ0v) is 17.7. The van der Waals surface area contributed by atoms with E-state index in [1.165, 1.54) is 28.4 Å². The molecule has 0 saturated carbocycles. The molecule has 0 heterocycles. The van der Waals surface area contributed by atoms with Gasteiger partial charge in [0.2, 0.25) is 0 Å². The molecule has 0 rings (SSSR count). The predicted molar refractivity (Wildman–Crippen MR) is 114 cm³/mol. The van der Waals surface area contributed by atoms with Crippen LogP contribution in [0.4, 0.5) is 0 Å². The van der Waals surface area contributed by atoms with Gasteiger partial charge in [-0.3, -0.25) is 0 Å². The van der Waals surface area contributed by atoms with Crippen molar-refractivity contribution in [1.82, 2.24) is 0 Å². The van der Waals surface area contributed by atoms with E-state index in [9.17, 15) is 4.79 Å². The number of carbonyl (C=O) groups is 1. The number of hydrogen-bond donors (Lipinski definition) is 0. The second kappa shape index (κ2) is 15.4. The monoisotopic (exact) mass is 358 g/mol. The number of carbonyl (C=O) groups excluding carboxylic acids is 1. The summed E-state index contributed by atoms with van der Waals surface area (Å²) in [4.78, 5) is 11.2. The van der Waals surface area contributed by atoms with Crippen molar-refractivity contribution >= 4 is 5.97 Å². The molecule has 0 atom stereocenters. The van der Waals surface area contributed by atoms with Crippen molar-refractivity contribution in [2.75, 3.05) is 6.61 Å². The van der Waals surface area contributed by atoms with Crippen LogP contribution in [0, 0.1) is 0 Å². The van der Waals surface area contributed by atoms with Crippen molar-refractivity contribution in [1.29, 1.82) is 0 Å². The van der Waals surface area contributed by atoms with E-state index in [4.69, 9.17) is 4.74 Å². The van der Waals surface area contributed by atoms with E-state index in [1.54, 1.807) is 6.08 Å². The van der Waals surface area contributed by atoms with E-state index in [2.05, 4.69) is 52.8 Å². The fourth-order valence-electron chi connectivity index (χ4n) is 2.45. The first-order valence-corrected chi connectivity index (χ1v) is 9.80. The van der Waals surface area contributed by atoms with Gasteiger partial charge in [-0.2, -0.15) is 0 Å². The molecule has 0 bridgehead atoms. The second-order valence-corrected chi connectivity index (χ2v) is 7.12. The Hall–Kier alpha value is -1.83. The van der Waals surface area contributed by atoms with Gasteiger partial charge in [-0.15, -0.1) is 0 Å². The Kier molecular flexibility index (Phi) is 14.3. The zero-order valence-electron chi connectivity index (χ0n) is 17.7. The first-order chi connectivity index (χ1) is 12.3. The fourth-order valence-corrected chi connectivity index (χ4v) is 2.45. The molecule has 2 nitrogen and oxygen atoms in total. The van der Waals surface area contributed by atoms with E-state index in [0.29, 0.717) is 6.61 Å². The maximum Gasteiger partial charge on any atom is 0.330 e. The molecule has 0 aliphatic carbocycles. The van der Waals surface area contributed by atoms with Gasteiger partial charge in [0, 0.05) is 6.08 Å². The molecule has 0 fully saturated rings. The van der Waals surface area contributed by atoms with Crippen LogP contribution in [0.2, 0.25) is 0 Å². The zero-order chi connectivity index (χ0) is 19.8. The maximum atomic E-state index is 11.2. The molecule has 26 heavy (non-hydrogen) atoms. The number of allylic oxidation sites excluding steroid dienone is 9. The van der Waals surface area contributed by atoms with E-state index >= 15 is 0 Å². The molecule has 0 spiro atoms. The van der Waals surface area contributed by atoms with Gasteiger partial charge in [-0.1, -0.05) is 52.7 Å². The molecule has 0 saturated heterocycles. The van der Waals surface area contributed by atoms with Crippen molar-refractivity contribution in [2.45, 2.75) is 80.1 Å². The van der Waals surface area contributed by atoms with Crippen LogP contribution >= 0.6 is 0 Å². The summed E-state index contributed by atoms with van der Waals surface area (Å²) in [5.74, 6) is -0.281. The summed E-state index contributed by atoms with van der Waals surface area (Å²) < 4.78 is 4.85. The van der Waals surface area contributed by atoms with Crippen molar-refractivity contribution < 1.29 is 9.53 Å². The van der Waals surface area contributed by atoms with E-state index in [0.717, 1.165) is 38.5 Å². The average molecular weight is 359 g/mol. The van der Waals surface area contributed by atoms with Gasteiger partial charge in [0.1, 0.15) is 0 Å². The van der Waals surface area contributed by atoms with Gasteiger partial charge < -0.3 is 4.74 Å². The van der Waals surface area contributed by atoms with Crippen molar-refractivity contribution in [3.63, 3.8) is 0 Å². The smallest absolute Gasteiger partial charge is 0.330 e. The summed E-state index contributed by atoms with van der Waals surface area (Å²) in [6.45, 7) is 13.1. The molecular weight excluding hydrogens is 320 g/mol. The Balaban J connectivity index is 4.10. The number of rotatable bonds is 12. The summed E-state index contributed by atoms with van der Waals surface area (Å²) >= 11 is 0. The van der Waals surface area contributed by atoms with Crippen LogP contribution in [0.5, 0.6) is 0 Å². The normalized spacial score (nSPS) is 13.2. The first-order valence-electron chi connectivity index (χ1n) is 9.80. The second-order valence-electron chi connectivity index (χ2n) is 7.12. The predicted octanol–water partition coefficient (Wildman–Crippen LogP) is 7.25. The molecule has 0 amide bonds. The Morgan fingerprint density at radius 3 is 1.77 bits per heavy atom. The van der Waals surface area contributed by atoms with Crippen LogP contribution in [-0.4, -0.2) is 12.6 Å². The number of esters is 1. The third-order valence-electron chi connectivity index (χ3n) is 4.05. The molecule has 0 aromatic rings. The van der Waals surface area contributed by atoms with Crippen LogP contribution in [0.15, 0.2) is 58.7 Å². The molecule has 0 unspecified atom stereocenters. The highest BCUT2D eigenvalue weighted by molar-refractivity contribution is 5.82. The van der Waals surface area contributed by atoms with Gasteiger partial charge in [0.25, 0.3) is 0 Å². The largest absolute Gasteiger partial charge is 0.463 e. The van der Waals surface area contributed by atoms with E-state index in [-0.39, 0.29) is 5.97 Å². The lowest BCUT2D eigenvalue weighted by molar-refractivity contribution is -0.137. The van der Waals surface area contributed by atoms with Crippen molar-refractivity contribution in [2.24, 2.45) is 0 Å². The maximum absolute atomic E-state index is 11.2. The number of ether oxygens (including phenoxy) is 1. The van der Waals surface area contributed by atoms with Gasteiger partial charge in [-0.05, 0) is 80.1 Å². The first kappa shape index (κ1) is 24.2. The van der Waals surface area contributed by atoms with Gasteiger partial charge in [0.05, 0.1) is 6.61 Å². The Bertz CT molecular complexity index is 553. The Morgan fingerprint density at radius 2 is 1.27 bits per heavy atom. The van der Waals surface area contributed by atoms with E-state index < -0.39 is 0 Å². The van der Waals surface area contributed by atoms with Crippen LogP contribution in [0.3, 0.4) is 0 Å². The third-order valence-corrected chi connectivity index (χ3v) is 4.05. The summed E-state index contributed by atoms with van der Waals surface area (Å²) in [6.07, 6.45) is 18.9. The minimum Gasteiger partial charge on any atom is -0.463 e. The topological polar surface area (TPSA) is 26.3 Å². The standard InChI is InChI=1S/C24H38O2/c1-7-26-24(25)19-11-18-23(6)17-10-16-22(5)15-9-14-21(4)13-8-12-20(2)3/h11-12,14,16,18-19H,7-10,13,15,17H2,1-6H3. The lowest BCUT2D eigenvalue weighted by Crippen LogP contribution is -1.98. The lowest BCUT2D eigenvalue weighted by atomic mass is 10.0. The van der Waals surface area contributed by atoms with Crippen molar-refractivity contribution in [3.05, 3.63) is 58.7 Å². The van der Waals surface area contributed by atoms with Crippen LogP contribution in [-0.2, 0) is 9.53 Å². The average Bonchev–Trinajstić information content (AvgIpc) is 2.54. The van der Waals surface area contributed by atoms with Crippen LogP contribution in [0.25, 0.3) is 0 Å². The molecule has 0 aromatic carbocycles. The quantitative estimate of drug-likeness (QED) is 0.159. The summed E-state index contributed by atoms with van der Waals surface area (Å²) in [6, 6.07) is 0. The summed E-state index contributed by atoms with van der Waals surface area (Å²) in [7, 11) is 0. The van der Waals surface area contributed by atoms with Crippen LogP contribution in [0.1, 0.15) is 80.1 Å². The summed E-state index contributed by atoms with van der Waals surface area (Å²) in [5.41, 5.74) is 5.61. The fraction of sp³-hybridized carbons (Fsp3) is 0.542. The molecule has 0 aromatic heterocycles. The molecule has 2 heteroatoms. The summed E-state index contributed by atoms with van der Waals surface area (Å²) in [5, 5.41) is 0. The highest BCUT2D eigenvalue weighted by Crippen LogP contribution is 2.13. The van der Waals surface area contributed by atoms with Gasteiger partial charge in [0.15, 0.2) is 0 Å². The molecule has 0 aliphatic heterocycles. The molecule has 0 radical (unpaired) electrons. The molecule has 0 aliphatic rings. The van der Waals surface area contributed by atoms with E-state index in [1.807, 2.05) is 13.0 Å². The Morgan fingerprint density at radius 1 is 0.769 bits per heavy atom. The Labute approximate surface area is 161 Å². The third kappa shape index (κ3) is 15.7. The molecular formula is C24H38O2. The van der Waals surface area contributed by atoms with Gasteiger partial charge in [-0.25, -0.2) is 4.79 Å². The SMILES string of the molecule is CCOC(=O)C=CC=C(C)CCC=C(C)CCC=C(C)CCC=C(C)C. The lowest BCUT2D eigenvalue weighted by Gasteiger charge is -2.02. The molecule has 0 N–H and O–H groups in total. The van der Waals surface area contributed by atoms with Gasteiger partial charge >= 0.3 is 5.97 Å². The highest BCUT2D eigenvalue weighted by Gasteiger charge is 1.94.